The molecule has 3 aromatic heterocycles. The van der Waals surface area contributed by atoms with Gasteiger partial charge in [-0.25, -0.2) is 14.6 Å². The zero-order valence-electron chi connectivity index (χ0n) is 20.1. The molecule has 1 saturated carbocycles. The number of anilines is 2. The van der Waals surface area contributed by atoms with Crippen LogP contribution in [0.2, 0.25) is 0 Å². The number of carbonyl (C=O) groups excluding carboxylic acids is 2. The molecule has 10 heteroatoms. The van der Waals surface area contributed by atoms with Gasteiger partial charge in [0.1, 0.15) is 23.5 Å². The number of benzene rings is 1. The first kappa shape index (κ1) is 22.8. The summed E-state index contributed by atoms with van der Waals surface area (Å²) in [5, 5.41) is 8.56. The molecule has 3 N–H and O–H groups in total. The van der Waals surface area contributed by atoms with Gasteiger partial charge in [0, 0.05) is 30.5 Å². The van der Waals surface area contributed by atoms with Gasteiger partial charge >= 0.3 is 0 Å². The van der Waals surface area contributed by atoms with Crippen molar-refractivity contribution in [2.24, 2.45) is 11.8 Å². The first-order valence-electron chi connectivity index (χ1n) is 12.2. The number of likely N-dealkylation sites (tertiary alicyclic amines) is 1. The highest BCUT2D eigenvalue weighted by molar-refractivity contribution is 6.03. The van der Waals surface area contributed by atoms with Crippen LogP contribution in [0.3, 0.4) is 0 Å². The first-order chi connectivity index (χ1) is 18.0. The van der Waals surface area contributed by atoms with Gasteiger partial charge in [0.2, 0.25) is 5.91 Å². The third-order valence-corrected chi connectivity index (χ3v) is 7.39. The molecule has 10 nitrogen and oxygen atoms in total. The largest absolute Gasteiger partial charge is 0.383 e. The van der Waals surface area contributed by atoms with Gasteiger partial charge in [0.25, 0.3) is 5.91 Å². The summed E-state index contributed by atoms with van der Waals surface area (Å²) in [6.07, 6.45) is 6.28. The van der Waals surface area contributed by atoms with E-state index in [4.69, 9.17) is 10.8 Å². The highest BCUT2D eigenvalue weighted by atomic mass is 16.2. The van der Waals surface area contributed by atoms with Crippen molar-refractivity contribution in [3.63, 3.8) is 0 Å². The molecule has 2 atom stereocenters. The number of nitrogens with zero attached hydrogens (tertiary/aromatic N) is 6. The molecule has 37 heavy (non-hydrogen) atoms. The standard InChI is InChI=1S/C27H26N8O2/c1-2-22(36)34-13-17-11-20(12-18(17)14-34)35-26-23(25(28)30-15-31-26)24(33-35)16-6-8-19(9-7-16)32-27(37)21-5-3-4-10-29-21/h2-10,15,17-18,20H,1,11-14H2,(H,32,37)(H2,28,30,31). The first-order valence-corrected chi connectivity index (χ1v) is 12.2. The normalized spacial score (nSPS) is 20.6. The predicted octanol–water partition coefficient (Wildman–Crippen LogP) is 3.32. The molecular formula is C27H26N8O2. The summed E-state index contributed by atoms with van der Waals surface area (Å²) in [5.41, 5.74) is 9.56. The number of pyridine rings is 1. The lowest BCUT2D eigenvalue weighted by atomic mass is 10.0. The van der Waals surface area contributed by atoms with Gasteiger partial charge in [-0.05, 0) is 55.0 Å². The van der Waals surface area contributed by atoms with E-state index in [-0.39, 0.29) is 17.9 Å². The molecule has 1 aliphatic carbocycles. The van der Waals surface area contributed by atoms with Crippen molar-refractivity contribution in [1.29, 1.82) is 0 Å². The molecule has 0 spiro atoms. The summed E-state index contributed by atoms with van der Waals surface area (Å²) in [7, 11) is 0. The van der Waals surface area contributed by atoms with Crippen LogP contribution in [-0.2, 0) is 4.79 Å². The smallest absolute Gasteiger partial charge is 0.274 e. The highest BCUT2D eigenvalue weighted by Gasteiger charge is 2.43. The Labute approximate surface area is 213 Å². The molecule has 2 amide bonds. The van der Waals surface area contributed by atoms with E-state index in [1.165, 1.54) is 12.4 Å². The number of hydrogen-bond acceptors (Lipinski definition) is 7. The molecule has 1 aromatic carbocycles. The molecule has 6 rings (SSSR count). The van der Waals surface area contributed by atoms with Crippen LogP contribution < -0.4 is 11.1 Å². The minimum Gasteiger partial charge on any atom is -0.383 e. The lowest BCUT2D eigenvalue weighted by molar-refractivity contribution is -0.125. The Balaban J connectivity index is 1.27. The Kier molecular flexibility index (Phi) is 5.63. The third-order valence-electron chi connectivity index (χ3n) is 7.39. The lowest BCUT2D eigenvalue weighted by Crippen LogP contribution is -2.28. The lowest BCUT2D eigenvalue weighted by Gasteiger charge is -2.18. The van der Waals surface area contributed by atoms with Crippen LogP contribution in [0.1, 0.15) is 29.4 Å². The van der Waals surface area contributed by atoms with Crippen LogP contribution in [-0.4, -0.2) is 54.5 Å². The zero-order valence-corrected chi connectivity index (χ0v) is 20.1. The maximum absolute atomic E-state index is 12.4. The number of amides is 2. The van der Waals surface area contributed by atoms with Crippen molar-refractivity contribution in [3.05, 3.63) is 73.3 Å². The van der Waals surface area contributed by atoms with Crippen molar-refractivity contribution in [3.8, 4) is 11.3 Å². The van der Waals surface area contributed by atoms with Crippen molar-refractivity contribution >= 4 is 34.4 Å². The second-order valence-corrected chi connectivity index (χ2v) is 9.59. The Morgan fingerprint density at radius 1 is 1.03 bits per heavy atom. The van der Waals surface area contributed by atoms with E-state index in [9.17, 15) is 9.59 Å². The number of fused-ring (bicyclic) bond motifs is 2. The van der Waals surface area contributed by atoms with Crippen LogP contribution in [0, 0.1) is 11.8 Å². The Morgan fingerprint density at radius 3 is 2.46 bits per heavy atom. The second kappa shape index (κ2) is 9.12. The summed E-state index contributed by atoms with van der Waals surface area (Å²) in [4.78, 5) is 39.2. The molecule has 1 aliphatic heterocycles. The van der Waals surface area contributed by atoms with Crippen molar-refractivity contribution in [2.75, 3.05) is 24.1 Å². The predicted molar refractivity (Wildman–Crippen MR) is 139 cm³/mol. The van der Waals surface area contributed by atoms with E-state index >= 15 is 0 Å². The highest BCUT2D eigenvalue weighted by Crippen LogP contribution is 2.45. The van der Waals surface area contributed by atoms with Gasteiger partial charge in [-0.3, -0.25) is 14.6 Å². The number of nitrogen functional groups attached to an aromatic ring is 1. The van der Waals surface area contributed by atoms with Crippen molar-refractivity contribution in [1.82, 2.24) is 29.6 Å². The Hall–Kier alpha value is -4.60. The van der Waals surface area contributed by atoms with Gasteiger partial charge in [0.15, 0.2) is 5.65 Å². The summed E-state index contributed by atoms with van der Waals surface area (Å²) in [6, 6.07) is 12.8. The summed E-state index contributed by atoms with van der Waals surface area (Å²) in [5.74, 6) is 0.953. The monoisotopic (exact) mass is 494 g/mol. The molecule has 2 fully saturated rings. The Morgan fingerprint density at radius 2 is 1.78 bits per heavy atom. The summed E-state index contributed by atoms with van der Waals surface area (Å²) >= 11 is 0. The fraction of sp³-hybridized carbons (Fsp3) is 0.259. The van der Waals surface area contributed by atoms with E-state index in [1.54, 1.807) is 24.4 Å². The topological polar surface area (TPSA) is 132 Å². The van der Waals surface area contributed by atoms with E-state index < -0.39 is 0 Å². The average Bonchev–Trinajstić information content (AvgIpc) is 3.61. The number of nitrogens with one attached hydrogen (secondary N) is 1. The fourth-order valence-corrected chi connectivity index (χ4v) is 5.63. The van der Waals surface area contributed by atoms with Gasteiger partial charge in [-0.2, -0.15) is 5.10 Å². The minimum atomic E-state index is -0.277. The molecule has 4 aromatic rings. The third kappa shape index (κ3) is 4.10. The van der Waals surface area contributed by atoms with Gasteiger partial charge in [-0.15, -0.1) is 0 Å². The van der Waals surface area contributed by atoms with Crippen LogP contribution in [0.25, 0.3) is 22.3 Å². The number of carbonyl (C=O) groups is 2. The number of hydrogen-bond donors (Lipinski definition) is 2. The number of nitrogens with two attached hydrogens (primary N) is 1. The van der Waals surface area contributed by atoms with Gasteiger partial charge in [-0.1, -0.05) is 24.8 Å². The summed E-state index contributed by atoms with van der Waals surface area (Å²) in [6.45, 7) is 5.12. The molecule has 1 saturated heterocycles. The van der Waals surface area contributed by atoms with Crippen molar-refractivity contribution < 1.29 is 9.59 Å². The van der Waals surface area contributed by atoms with Crippen LogP contribution in [0.4, 0.5) is 11.5 Å². The fourth-order valence-electron chi connectivity index (χ4n) is 5.63. The van der Waals surface area contributed by atoms with Crippen LogP contribution in [0.5, 0.6) is 0 Å². The zero-order chi connectivity index (χ0) is 25.5. The SMILES string of the molecule is C=CC(=O)N1CC2CC(n3nc(-c4ccc(NC(=O)c5ccccn5)cc4)c4c(N)ncnc43)CC2C1. The number of aromatic nitrogens is 5. The number of rotatable bonds is 5. The molecule has 2 aliphatic rings. The molecule has 0 radical (unpaired) electrons. The summed E-state index contributed by atoms with van der Waals surface area (Å²) < 4.78 is 1.98. The van der Waals surface area contributed by atoms with E-state index in [2.05, 4.69) is 26.8 Å². The quantitative estimate of drug-likeness (QED) is 0.407. The Bertz CT molecular complexity index is 1480. The molecule has 2 unspecified atom stereocenters. The molecule has 0 bridgehead atoms. The van der Waals surface area contributed by atoms with Gasteiger partial charge < -0.3 is 16.0 Å². The van der Waals surface area contributed by atoms with E-state index in [0.717, 1.165) is 31.5 Å². The van der Waals surface area contributed by atoms with Crippen LogP contribution >= 0.6 is 0 Å². The van der Waals surface area contributed by atoms with E-state index in [0.29, 0.717) is 45.8 Å². The van der Waals surface area contributed by atoms with Crippen LogP contribution in [0.15, 0.2) is 67.6 Å². The second-order valence-electron chi connectivity index (χ2n) is 9.59. The minimum absolute atomic E-state index is 0.00189. The molecule has 4 heterocycles. The maximum atomic E-state index is 12.4. The molecule has 186 valence electrons. The van der Waals surface area contributed by atoms with E-state index in [1.807, 2.05) is 33.8 Å². The van der Waals surface area contributed by atoms with Crippen molar-refractivity contribution in [2.45, 2.75) is 18.9 Å². The average molecular weight is 495 g/mol. The van der Waals surface area contributed by atoms with Gasteiger partial charge in [0.05, 0.1) is 11.4 Å². The maximum Gasteiger partial charge on any atom is 0.274 e. The molecular weight excluding hydrogens is 468 g/mol.